The van der Waals surface area contributed by atoms with Crippen molar-refractivity contribution in [1.82, 2.24) is 4.72 Å². The van der Waals surface area contributed by atoms with Crippen LogP contribution in [0.4, 0.5) is 0 Å². The third-order valence-corrected chi connectivity index (χ3v) is 2.68. The summed E-state index contributed by atoms with van der Waals surface area (Å²) in [7, 11) is 0. The van der Waals surface area contributed by atoms with Crippen molar-refractivity contribution in [1.29, 1.82) is 0 Å². The van der Waals surface area contributed by atoms with E-state index in [1.165, 1.54) is 11.9 Å². The molecule has 1 amide bonds. The van der Waals surface area contributed by atoms with Crippen molar-refractivity contribution >= 4 is 17.9 Å². The van der Waals surface area contributed by atoms with Crippen LogP contribution in [0.2, 0.25) is 0 Å². The number of amides is 1. The molecule has 0 aliphatic rings. The highest BCUT2D eigenvalue weighted by Gasteiger charge is 2.03. The number of hydrogen-bond donors (Lipinski definition) is 1. The third kappa shape index (κ3) is 8.36. The van der Waals surface area contributed by atoms with Crippen molar-refractivity contribution in [3.05, 3.63) is 35.8 Å². The number of carbonyl (C=O) groups excluding carboxylic acids is 1. The largest absolute Gasteiger partial charge is 0.296 e. The number of carbonyl (C=O) groups is 1. The molecule has 0 saturated carbocycles. The third-order valence-electron chi connectivity index (χ3n) is 1.84. The smallest absolute Gasteiger partial charge is 0.230 e. The first kappa shape index (κ1) is 15.0. The average molecular weight is 239 g/mol. The Labute approximate surface area is 103 Å². The fourth-order valence-electron chi connectivity index (χ4n) is 0.991. The molecule has 0 radical (unpaired) electrons. The fraction of sp³-hybridized carbons (Fsp3) is 0.462. The summed E-state index contributed by atoms with van der Waals surface area (Å²) in [5, 5.41) is 0. The van der Waals surface area contributed by atoms with E-state index >= 15 is 0 Å². The van der Waals surface area contributed by atoms with E-state index in [-0.39, 0.29) is 5.91 Å². The first-order valence-electron chi connectivity index (χ1n) is 5.51. The van der Waals surface area contributed by atoms with Crippen LogP contribution in [0.1, 0.15) is 33.6 Å². The molecule has 0 aromatic carbocycles. The molecule has 0 aliphatic heterocycles. The zero-order chi connectivity index (χ0) is 12.4. The van der Waals surface area contributed by atoms with Crippen LogP contribution in [0.15, 0.2) is 35.8 Å². The SMILES string of the molecule is C=C/C=C(\C=C/C)SNC(=O)CCC(C)C. The maximum Gasteiger partial charge on any atom is 0.230 e. The van der Waals surface area contributed by atoms with Gasteiger partial charge in [-0.25, -0.2) is 0 Å². The van der Waals surface area contributed by atoms with Gasteiger partial charge in [-0.15, -0.1) is 0 Å². The van der Waals surface area contributed by atoms with Gasteiger partial charge in [-0.05, 0) is 37.3 Å². The Morgan fingerprint density at radius 2 is 2.19 bits per heavy atom. The maximum atomic E-state index is 11.5. The van der Waals surface area contributed by atoms with Gasteiger partial charge in [0.2, 0.25) is 5.91 Å². The molecular formula is C13H21NOS. The minimum absolute atomic E-state index is 0.0816. The van der Waals surface area contributed by atoms with Crippen molar-refractivity contribution in [3.63, 3.8) is 0 Å². The minimum atomic E-state index is 0.0816. The van der Waals surface area contributed by atoms with E-state index in [4.69, 9.17) is 0 Å². The Balaban J connectivity index is 3.97. The van der Waals surface area contributed by atoms with E-state index in [0.29, 0.717) is 12.3 Å². The van der Waals surface area contributed by atoms with E-state index in [0.717, 1.165) is 11.3 Å². The first-order chi connectivity index (χ1) is 7.60. The summed E-state index contributed by atoms with van der Waals surface area (Å²) in [6.07, 6.45) is 8.96. The Hall–Kier alpha value is -0.960. The Bertz CT molecular complexity index is 280. The van der Waals surface area contributed by atoms with Crippen LogP contribution in [0.5, 0.6) is 0 Å². The fourth-order valence-corrected chi connectivity index (χ4v) is 1.69. The molecule has 0 aromatic rings. The van der Waals surface area contributed by atoms with E-state index in [2.05, 4.69) is 25.1 Å². The molecule has 0 bridgehead atoms. The standard InChI is InChI=1S/C13H21NOS/c1-5-7-12(8-6-2)16-14-13(15)10-9-11(3)4/h5-8,11H,1,9-10H2,2-4H3,(H,14,15)/b8-6-,12-7+. The second kappa shape index (κ2) is 9.28. The molecule has 0 unspecified atom stereocenters. The van der Waals surface area contributed by atoms with Crippen molar-refractivity contribution in [2.75, 3.05) is 0 Å². The highest BCUT2D eigenvalue weighted by molar-refractivity contribution is 8.01. The van der Waals surface area contributed by atoms with Gasteiger partial charge in [0.25, 0.3) is 0 Å². The summed E-state index contributed by atoms with van der Waals surface area (Å²) < 4.78 is 2.82. The monoisotopic (exact) mass is 239 g/mol. The highest BCUT2D eigenvalue weighted by atomic mass is 32.2. The molecule has 2 nitrogen and oxygen atoms in total. The molecular weight excluding hydrogens is 218 g/mol. The summed E-state index contributed by atoms with van der Waals surface area (Å²) in [6.45, 7) is 9.80. The van der Waals surface area contributed by atoms with E-state index in [9.17, 15) is 4.79 Å². The quantitative estimate of drug-likeness (QED) is 0.540. The van der Waals surface area contributed by atoms with Crippen LogP contribution >= 0.6 is 11.9 Å². The molecule has 90 valence electrons. The van der Waals surface area contributed by atoms with Crippen molar-refractivity contribution < 1.29 is 4.79 Å². The van der Waals surface area contributed by atoms with Crippen molar-refractivity contribution in [3.8, 4) is 0 Å². The predicted molar refractivity (Wildman–Crippen MR) is 72.9 cm³/mol. The molecule has 3 heteroatoms. The molecule has 0 fully saturated rings. The van der Waals surface area contributed by atoms with Gasteiger partial charge in [0.05, 0.1) is 0 Å². The molecule has 0 atom stereocenters. The van der Waals surface area contributed by atoms with Gasteiger partial charge in [-0.1, -0.05) is 38.7 Å². The summed E-state index contributed by atoms with van der Waals surface area (Å²) >= 11 is 1.33. The first-order valence-corrected chi connectivity index (χ1v) is 6.32. The number of allylic oxidation sites excluding steroid dienone is 4. The van der Waals surface area contributed by atoms with Gasteiger partial charge in [0.15, 0.2) is 0 Å². The van der Waals surface area contributed by atoms with Crippen LogP contribution in [0.3, 0.4) is 0 Å². The topological polar surface area (TPSA) is 29.1 Å². The lowest BCUT2D eigenvalue weighted by molar-refractivity contribution is -0.119. The molecule has 0 aliphatic carbocycles. The zero-order valence-corrected chi connectivity index (χ0v) is 11.1. The number of nitrogens with one attached hydrogen (secondary N) is 1. The van der Waals surface area contributed by atoms with Crippen LogP contribution in [-0.4, -0.2) is 5.91 Å². The minimum Gasteiger partial charge on any atom is -0.296 e. The molecule has 0 rings (SSSR count). The van der Waals surface area contributed by atoms with Crippen molar-refractivity contribution in [2.24, 2.45) is 5.92 Å². The van der Waals surface area contributed by atoms with Gasteiger partial charge in [-0.2, -0.15) is 0 Å². The molecule has 0 aromatic heterocycles. The number of hydrogen-bond acceptors (Lipinski definition) is 2. The zero-order valence-electron chi connectivity index (χ0n) is 10.3. The molecule has 0 spiro atoms. The highest BCUT2D eigenvalue weighted by Crippen LogP contribution is 2.14. The molecule has 0 heterocycles. The lowest BCUT2D eigenvalue weighted by Gasteiger charge is -2.06. The van der Waals surface area contributed by atoms with E-state index in [1.54, 1.807) is 6.08 Å². The Morgan fingerprint density at radius 3 is 2.69 bits per heavy atom. The lowest BCUT2D eigenvalue weighted by atomic mass is 10.1. The van der Waals surface area contributed by atoms with Crippen LogP contribution in [0, 0.1) is 5.92 Å². The van der Waals surface area contributed by atoms with E-state index in [1.807, 2.05) is 25.2 Å². The maximum absolute atomic E-state index is 11.5. The summed E-state index contributed by atoms with van der Waals surface area (Å²) in [5.74, 6) is 0.646. The Kier molecular flexibility index (Phi) is 8.72. The normalized spacial score (nSPS) is 12.1. The van der Waals surface area contributed by atoms with Gasteiger partial charge in [0.1, 0.15) is 0 Å². The predicted octanol–water partition coefficient (Wildman–Crippen LogP) is 3.83. The van der Waals surface area contributed by atoms with Crippen molar-refractivity contribution in [2.45, 2.75) is 33.6 Å². The lowest BCUT2D eigenvalue weighted by Crippen LogP contribution is -2.15. The number of rotatable bonds is 7. The summed E-state index contributed by atoms with van der Waals surface area (Å²) in [6, 6.07) is 0. The van der Waals surface area contributed by atoms with Gasteiger partial charge >= 0.3 is 0 Å². The van der Waals surface area contributed by atoms with Crippen LogP contribution in [-0.2, 0) is 4.79 Å². The average Bonchev–Trinajstić information content (AvgIpc) is 2.23. The molecule has 0 saturated heterocycles. The molecule has 1 N–H and O–H groups in total. The second-order valence-electron chi connectivity index (χ2n) is 3.86. The summed E-state index contributed by atoms with van der Waals surface area (Å²) in [4.78, 5) is 12.4. The van der Waals surface area contributed by atoms with Gasteiger partial charge < -0.3 is 0 Å². The molecule has 16 heavy (non-hydrogen) atoms. The van der Waals surface area contributed by atoms with E-state index < -0.39 is 0 Å². The van der Waals surface area contributed by atoms with Crippen LogP contribution in [0.25, 0.3) is 0 Å². The van der Waals surface area contributed by atoms with Crippen LogP contribution < -0.4 is 4.72 Å². The van der Waals surface area contributed by atoms with Gasteiger partial charge in [0, 0.05) is 11.3 Å². The Morgan fingerprint density at radius 1 is 1.50 bits per heavy atom. The second-order valence-corrected chi connectivity index (χ2v) is 4.74. The summed E-state index contributed by atoms with van der Waals surface area (Å²) in [5.41, 5.74) is 0. The van der Waals surface area contributed by atoms with Gasteiger partial charge in [-0.3, -0.25) is 9.52 Å².